The molecule has 0 saturated heterocycles. The van der Waals surface area contributed by atoms with Gasteiger partial charge in [0.2, 0.25) is 5.82 Å². The minimum Gasteiger partial charge on any atom is -0.319 e. The second-order valence-corrected chi connectivity index (χ2v) is 6.95. The van der Waals surface area contributed by atoms with Crippen molar-refractivity contribution in [2.24, 2.45) is 0 Å². The third-order valence-corrected chi connectivity index (χ3v) is 5.61. The molecule has 0 aliphatic carbocycles. The van der Waals surface area contributed by atoms with Crippen molar-refractivity contribution in [1.82, 2.24) is 0 Å². The van der Waals surface area contributed by atoms with Gasteiger partial charge in [-0.1, -0.05) is 0 Å². The zero-order valence-corrected chi connectivity index (χ0v) is 13.8. The Kier molecular flexibility index (Phi) is 4.69. The van der Waals surface area contributed by atoms with E-state index in [0.29, 0.717) is 20.4 Å². The lowest BCUT2D eigenvalue weighted by Crippen LogP contribution is -2.12. The summed E-state index contributed by atoms with van der Waals surface area (Å²) < 4.78 is 28.1. The number of nitro groups is 1. The summed E-state index contributed by atoms with van der Waals surface area (Å²) in [5.41, 5.74) is -1.38. The van der Waals surface area contributed by atoms with E-state index in [9.17, 15) is 23.7 Å². The molecule has 1 N–H and O–H groups in total. The lowest BCUT2D eigenvalue weighted by atomic mass is 10.2. The molecule has 0 unspecified atom stereocenters. The Hall–Kier alpha value is -1.39. The van der Waals surface area contributed by atoms with Gasteiger partial charge in [-0.3, -0.25) is 14.9 Å². The molecular weight excluding hydrogens is 438 g/mol. The molecule has 1 amide bonds. The van der Waals surface area contributed by atoms with Gasteiger partial charge in [0.05, 0.1) is 19.3 Å². The van der Waals surface area contributed by atoms with E-state index in [1.165, 1.54) is 6.07 Å². The number of hydrogen-bond acceptors (Lipinski definition) is 4. The molecule has 21 heavy (non-hydrogen) atoms. The first-order chi connectivity index (χ1) is 9.79. The van der Waals surface area contributed by atoms with Gasteiger partial charge in [-0.2, -0.15) is 4.39 Å². The highest BCUT2D eigenvalue weighted by atomic mass is 79.9. The third kappa shape index (κ3) is 3.44. The monoisotopic (exact) mass is 440 g/mol. The summed E-state index contributed by atoms with van der Waals surface area (Å²) in [6.07, 6.45) is 0. The maximum absolute atomic E-state index is 13.6. The van der Waals surface area contributed by atoms with Crippen LogP contribution < -0.4 is 5.32 Å². The molecule has 1 heterocycles. The fourth-order valence-electron chi connectivity index (χ4n) is 1.42. The summed E-state index contributed by atoms with van der Waals surface area (Å²) in [7, 11) is 0. The highest BCUT2D eigenvalue weighted by Gasteiger charge is 2.21. The van der Waals surface area contributed by atoms with E-state index >= 15 is 0 Å². The van der Waals surface area contributed by atoms with Crippen LogP contribution in [-0.2, 0) is 0 Å². The number of halogens is 4. The van der Waals surface area contributed by atoms with Gasteiger partial charge in [-0.25, -0.2) is 4.39 Å². The summed E-state index contributed by atoms with van der Waals surface area (Å²) in [4.78, 5) is 21.8. The highest BCUT2D eigenvalue weighted by molar-refractivity contribution is 9.13. The molecule has 0 atom stereocenters. The maximum Gasteiger partial charge on any atom is 0.307 e. The average Bonchev–Trinajstić information content (AvgIpc) is 2.72. The Morgan fingerprint density at radius 3 is 2.43 bits per heavy atom. The molecule has 110 valence electrons. The van der Waals surface area contributed by atoms with Crippen LogP contribution in [0.1, 0.15) is 9.67 Å². The predicted octanol–water partition coefficient (Wildman–Crippen LogP) is 4.71. The zero-order chi connectivity index (χ0) is 15.7. The largest absolute Gasteiger partial charge is 0.319 e. The van der Waals surface area contributed by atoms with Crippen molar-refractivity contribution in [3.63, 3.8) is 0 Å². The molecule has 1 aromatic carbocycles. The minimum absolute atomic E-state index is 0.250. The zero-order valence-electron chi connectivity index (χ0n) is 9.82. The van der Waals surface area contributed by atoms with Gasteiger partial charge in [0.15, 0.2) is 0 Å². The van der Waals surface area contributed by atoms with Gasteiger partial charge in [0.1, 0.15) is 5.82 Å². The molecule has 0 radical (unpaired) electrons. The molecule has 0 aliphatic heterocycles. The first kappa shape index (κ1) is 16.0. The summed E-state index contributed by atoms with van der Waals surface area (Å²) in [5.74, 6) is -3.07. The second kappa shape index (κ2) is 6.16. The average molecular weight is 442 g/mol. The van der Waals surface area contributed by atoms with E-state index in [2.05, 4.69) is 37.2 Å². The standard InChI is InChI=1S/C11H4Br2F2N2O3S/c12-4-1-9(21-10(4)13)11(18)16-7-3-8(17(19)20)6(15)2-5(7)14/h1-3H,(H,16,18). The molecule has 2 aromatic rings. The lowest BCUT2D eigenvalue weighted by Gasteiger charge is -2.05. The van der Waals surface area contributed by atoms with E-state index in [1.54, 1.807) is 0 Å². The number of nitrogens with zero attached hydrogens (tertiary/aromatic N) is 1. The molecule has 0 fully saturated rings. The lowest BCUT2D eigenvalue weighted by molar-refractivity contribution is -0.387. The minimum atomic E-state index is -1.31. The van der Waals surface area contributed by atoms with Gasteiger partial charge < -0.3 is 5.32 Å². The van der Waals surface area contributed by atoms with Crippen molar-refractivity contribution < 1.29 is 18.5 Å². The van der Waals surface area contributed by atoms with Crippen LogP contribution in [0.4, 0.5) is 20.2 Å². The number of hydrogen-bond donors (Lipinski definition) is 1. The molecule has 0 aliphatic rings. The SMILES string of the molecule is O=C(Nc1cc([N+](=O)[O-])c(F)cc1F)c1cc(Br)c(Br)s1. The van der Waals surface area contributed by atoms with Crippen molar-refractivity contribution in [3.05, 3.63) is 53.1 Å². The number of benzene rings is 1. The number of rotatable bonds is 3. The molecule has 0 spiro atoms. The molecule has 2 rings (SSSR count). The number of anilines is 1. The number of carbonyl (C=O) groups excluding carboxylic acids is 1. The first-order valence-electron chi connectivity index (χ1n) is 5.19. The Morgan fingerprint density at radius 2 is 1.90 bits per heavy atom. The van der Waals surface area contributed by atoms with Crippen molar-refractivity contribution >= 4 is 60.5 Å². The summed E-state index contributed by atoms with van der Waals surface area (Å²) in [6, 6.07) is 2.49. The Bertz CT molecular complexity index is 732. The summed E-state index contributed by atoms with van der Waals surface area (Å²) in [5, 5.41) is 12.8. The van der Waals surface area contributed by atoms with Gasteiger partial charge in [0.25, 0.3) is 5.91 Å². The van der Waals surface area contributed by atoms with Crippen molar-refractivity contribution in [2.45, 2.75) is 0 Å². The van der Waals surface area contributed by atoms with Crippen LogP contribution in [0.15, 0.2) is 26.5 Å². The number of thiophene rings is 1. The van der Waals surface area contributed by atoms with E-state index in [0.717, 1.165) is 11.3 Å². The smallest absolute Gasteiger partial charge is 0.307 e. The van der Waals surface area contributed by atoms with Crippen molar-refractivity contribution in [3.8, 4) is 0 Å². The number of nitro benzene ring substituents is 1. The van der Waals surface area contributed by atoms with Gasteiger partial charge in [0, 0.05) is 16.6 Å². The van der Waals surface area contributed by atoms with Crippen LogP contribution in [0, 0.1) is 21.7 Å². The van der Waals surface area contributed by atoms with Crippen LogP contribution in [0.2, 0.25) is 0 Å². The van der Waals surface area contributed by atoms with Gasteiger partial charge >= 0.3 is 5.69 Å². The van der Waals surface area contributed by atoms with Crippen LogP contribution in [0.25, 0.3) is 0 Å². The third-order valence-electron chi connectivity index (χ3n) is 2.35. The predicted molar refractivity (Wildman–Crippen MR) is 80.7 cm³/mol. The van der Waals surface area contributed by atoms with Gasteiger partial charge in [-0.15, -0.1) is 11.3 Å². The van der Waals surface area contributed by atoms with Crippen LogP contribution in [0.3, 0.4) is 0 Å². The van der Waals surface area contributed by atoms with Crippen LogP contribution in [-0.4, -0.2) is 10.8 Å². The van der Waals surface area contributed by atoms with Crippen LogP contribution in [0.5, 0.6) is 0 Å². The van der Waals surface area contributed by atoms with E-state index in [1.807, 2.05) is 0 Å². The Balaban J connectivity index is 2.33. The van der Waals surface area contributed by atoms with E-state index in [-0.39, 0.29) is 4.88 Å². The first-order valence-corrected chi connectivity index (χ1v) is 7.59. The summed E-state index contributed by atoms with van der Waals surface area (Å²) >= 11 is 7.49. The van der Waals surface area contributed by atoms with Gasteiger partial charge in [-0.05, 0) is 37.9 Å². The summed E-state index contributed by atoms with van der Waals surface area (Å²) in [6.45, 7) is 0. The molecule has 0 bridgehead atoms. The highest BCUT2D eigenvalue weighted by Crippen LogP contribution is 2.33. The number of amides is 1. The van der Waals surface area contributed by atoms with Crippen molar-refractivity contribution in [1.29, 1.82) is 0 Å². The maximum atomic E-state index is 13.6. The fraction of sp³-hybridized carbons (Fsp3) is 0. The molecular formula is C11H4Br2F2N2O3S. The molecule has 0 saturated carbocycles. The Morgan fingerprint density at radius 1 is 1.24 bits per heavy atom. The number of nitrogens with one attached hydrogen (secondary N) is 1. The topological polar surface area (TPSA) is 72.2 Å². The molecule has 1 aromatic heterocycles. The van der Waals surface area contributed by atoms with Crippen LogP contribution >= 0.6 is 43.2 Å². The second-order valence-electron chi connectivity index (χ2n) is 3.73. The van der Waals surface area contributed by atoms with E-state index in [4.69, 9.17) is 0 Å². The number of carbonyl (C=O) groups is 1. The van der Waals surface area contributed by atoms with E-state index < -0.39 is 33.8 Å². The quantitative estimate of drug-likeness (QED) is 0.553. The van der Waals surface area contributed by atoms with Crippen molar-refractivity contribution in [2.75, 3.05) is 5.32 Å². The normalized spacial score (nSPS) is 10.5. The fourth-order valence-corrected chi connectivity index (χ4v) is 3.35. The molecule has 5 nitrogen and oxygen atoms in total. The Labute approximate surface area is 137 Å². The molecule has 10 heteroatoms.